The maximum Gasteiger partial charge on any atom is 0.248 e. The highest BCUT2D eigenvalue weighted by Crippen LogP contribution is 2.27. The summed E-state index contributed by atoms with van der Waals surface area (Å²) in [5.74, 6) is 1.34. The fraction of sp³-hybridized carbons (Fsp3) is 0.229. The van der Waals surface area contributed by atoms with Crippen molar-refractivity contribution in [3.8, 4) is 16.8 Å². The third-order valence-corrected chi connectivity index (χ3v) is 7.66. The molecule has 4 rings (SSSR count). The number of benzene rings is 3. The van der Waals surface area contributed by atoms with Crippen molar-refractivity contribution in [2.75, 3.05) is 17.7 Å². The van der Waals surface area contributed by atoms with Gasteiger partial charge in [0.25, 0.3) is 0 Å². The topological polar surface area (TPSA) is 76.0 Å². The van der Waals surface area contributed by atoms with Gasteiger partial charge in [0.05, 0.1) is 12.2 Å². The highest BCUT2D eigenvalue weighted by molar-refractivity contribution is 7.78. The molecule has 0 saturated carbocycles. The van der Waals surface area contributed by atoms with Gasteiger partial charge in [0.15, 0.2) is 5.78 Å². The van der Waals surface area contributed by atoms with E-state index in [1.54, 1.807) is 0 Å². The van der Waals surface area contributed by atoms with Gasteiger partial charge in [-0.05, 0) is 66.8 Å². The quantitative estimate of drug-likeness (QED) is 0.0617. The average Bonchev–Trinajstić information content (AvgIpc) is 3.46. The molecule has 3 aromatic carbocycles. The van der Waals surface area contributed by atoms with Crippen LogP contribution in [-0.4, -0.2) is 33.7 Å². The Morgan fingerprint density at radius 1 is 0.977 bits per heavy atom. The van der Waals surface area contributed by atoms with Crippen LogP contribution in [0, 0.1) is 0 Å². The summed E-state index contributed by atoms with van der Waals surface area (Å²) >= 11 is 9.74. The predicted molar refractivity (Wildman–Crippen MR) is 181 cm³/mol. The second kappa shape index (κ2) is 15.4. The van der Waals surface area contributed by atoms with Crippen molar-refractivity contribution in [2.24, 2.45) is 0 Å². The van der Waals surface area contributed by atoms with Crippen LogP contribution < -0.4 is 10.0 Å². The summed E-state index contributed by atoms with van der Waals surface area (Å²) in [4.78, 5) is 28.7. The third kappa shape index (κ3) is 8.49. The molecule has 0 spiro atoms. The lowest BCUT2D eigenvalue weighted by Crippen LogP contribution is -2.22. The zero-order valence-corrected chi connectivity index (χ0v) is 26.4. The first kappa shape index (κ1) is 31.9. The standard InChI is InChI=1S/C35H37ClN4O2S/c1-4-26(20-24(3)18-19-36)32-23-40(31-16-14-30(15-17-31)37-22-35(42)39-43)34(38-32)21-25-6-8-27(9-7-25)28-10-12-29(13-11-28)33(41)5-2/h4,6-18,23,37,43H,5,19-22H2,1-3H3,(H,39,42)/b24-18-,26-4+. The van der Waals surface area contributed by atoms with E-state index in [0.717, 1.165) is 57.1 Å². The van der Waals surface area contributed by atoms with Crippen molar-refractivity contribution in [3.05, 3.63) is 119 Å². The van der Waals surface area contributed by atoms with Crippen LogP contribution in [-0.2, 0) is 11.2 Å². The van der Waals surface area contributed by atoms with Gasteiger partial charge in [0.2, 0.25) is 5.91 Å². The van der Waals surface area contributed by atoms with Crippen molar-refractivity contribution >= 4 is 47.4 Å². The summed E-state index contributed by atoms with van der Waals surface area (Å²) in [6, 6.07) is 24.2. The number of anilines is 1. The number of carbonyl (C=O) groups is 2. The zero-order chi connectivity index (χ0) is 30.8. The molecule has 1 heterocycles. The lowest BCUT2D eigenvalue weighted by molar-refractivity contribution is -0.117. The number of rotatable bonds is 13. The number of Topliss-reactive ketones (excluding diaryl/α,β-unsaturated/α-hetero) is 1. The molecule has 8 heteroatoms. The second-order valence-electron chi connectivity index (χ2n) is 10.3. The van der Waals surface area contributed by atoms with Crippen LogP contribution in [0.4, 0.5) is 5.69 Å². The molecule has 0 atom stereocenters. The highest BCUT2D eigenvalue weighted by Gasteiger charge is 2.14. The smallest absolute Gasteiger partial charge is 0.248 e. The molecule has 0 radical (unpaired) electrons. The van der Waals surface area contributed by atoms with Crippen LogP contribution >= 0.6 is 24.4 Å². The SMILES string of the molecule is C/C=C(\C/C(C)=C\CCl)c1cn(-c2ccc(NCC(=O)NS)cc2)c(Cc2ccc(-c3ccc(C(=O)CC)cc3)cc2)n1. The molecule has 0 unspecified atom stereocenters. The van der Waals surface area contributed by atoms with E-state index < -0.39 is 0 Å². The molecular weight excluding hydrogens is 576 g/mol. The molecule has 0 saturated heterocycles. The lowest BCUT2D eigenvalue weighted by Gasteiger charge is -2.11. The first-order valence-corrected chi connectivity index (χ1v) is 15.3. The van der Waals surface area contributed by atoms with Crippen molar-refractivity contribution in [1.29, 1.82) is 0 Å². The van der Waals surface area contributed by atoms with Gasteiger partial charge in [-0.2, -0.15) is 0 Å². The normalized spacial score (nSPS) is 11.8. The first-order valence-electron chi connectivity index (χ1n) is 14.3. The van der Waals surface area contributed by atoms with Gasteiger partial charge in [0, 0.05) is 41.9 Å². The van der Waals surface area contributed by atoms with Crippen LogP contribution in [0.15, 0.2) is 96.7 Å². The molecule has 0 bridgehead atoms. The highest BCUT2D eigenvalue weighted by atomic mass is 35.5. The van der Waals surface area contributed by atoms with E-state index in [0.29, 0.717) is 18.7 Å². The minimum atomic E-state index is -0.207. The van der Waals surface area contributed by atoms with Gasteiger partial charge in [-0.25, -0.2) is 4.98 Å². The van der Waals surface area contributed by atoms with Gasteiger partial charge < -0.3 is 14.6 Å². The van der Waals surface area contributed by atoms with Gasteiger partial charge >= 0.3 is 0 Å². The minimum Gasteiger partial charge on any atom is -0.376 e. The summed E-state index contributed by atoms with van der Waals surface area (Å²) in [5.41, 5.74) is 9.10. The monoisotopic (exact) mass is 612 g/mol. The number of imidazole rings is 1. The molecule has 1 aromatic heterocycles. The molecule has 0 aliphatic carbocycles. The summed E-state index contributed by atoms with van der Waals surface area (Å²) in [6.07, 6.45) is 8.13. The Labute approximate surface area is 264 Å². The number of aromatic nitrogens is 2. The van der Waals surface area contributed by atoms with Crippen LogP contribution in [0.3, 0.4) is 0 Å². The molecule has 0 aliphatic rings. The van der Waals surface area contributed by atoms with Crippen LogP contribution in [0.5, 0.6) is 0 Å². The van der Waals surface area contributed by atoms with Gasteiger partial charge in [0.1, 0.15) is 5.82 Å². The van der Waals surface area contributed by atoms with E-state index >= 15 is 0 Å². The molecule has 43 heavy (non-hydrogen) atoms. The molecule has 4 aromatic rings. The molecular formula is C35H37ClN4O2S. The number of allylic oxidation sites excluding steroid dienone is 4. The molecule has 0 aliphatic heterocycles. The van der Waals surface area contributed by atoms with Crippen LogP contribution in [0.25, 0.3) is 22.4 Å². The van der Waals surface area contributed by atoms with Crippen LogP contribution in [0.2, 0.25) is 0 Å². The summed E-state index contributed by atoms with van der Waals surface area (Å²) in [7, 11) is 0. The number of hydrogen-bond donors (Lipinski definition) is 3. The molecule has 0 fully saturated rings. The van der Waals surface area contributed by atoms with E-state index in [9.17, 15) is 9.59 Å². The Morgan fingerprint density at radius 2 is 1.63 bits per heavy atom. The lowest BCUT2D eigenvalue weighted by atomic mass is 10.00. The molecule has 2 N–H and O–H groups in total. The third-order valence-electron chi connectivity index (χ3n) is 7.25. The Balaban J connectivity index is 1.62. The van der Waals surface area contributed by atoms with Crippen molar-refractivity contribution in [2.45, 2.75) is 40.0 Å². The molecule has 1 amide bonds. The maximum atomic E-state index is 12.0. The van der Waals surface area contributed by atoms with E-state index in [4.69, 9.17) is 16.6 Å². The molecule has 222 valence electrons. The number of amides is 1. The first-order chi connectivity index (χ1) is 20.8. The van der Waals surface area contributed by atoms with Crippen molar-refractivity contribution in [1.82, 2.24) is 14.3 Å². The number of alkyl halides is 1. The van der Waals surface area contributed by atoms with Crippen molar-refractivity contribution in [3.63, 3.8) is 0 Å². The van der Waals surface area contributed by atoms with E-state index in [-0.39, 0.29) is 18.2 Å². The van der Waals surface area contributed by atoms with Crippen LogP contribution in [0.1, 0.15) is 61.1 Å². The number of thiol groups is 1. The summed E-state index contributed by atoms with van der Waals surface area (Å²) in [6.45, 7) is 6.13. The number of halogens is 1. The van der Waals surface area contributed by atoms with Gasteiger partial charge in [-0.1, -0.05) is 86.0 Å². The summed E-state index contributed by atoms with van der Waals surface area (Å²) < 4.78 is 4.44. The fourth-order valence-corrected chi connectivity index (χ4v) is 5.12. The number of ketones is 1. The number of hydrogen-bond acceptors (Lipinski definition) is 5. The zero-order valence-electron chi connectivity index (χ0n) is 24.7. The fourth-order valence-electron chi connectivity index (χ4n) is 4.78. The maximum absolute atomic E-state index is 12.0. The van der Waals surface area contributed by atoms with Crippen molar-refractivity contribution < 1.29 is 9.59 Å². The second-order valence-corrected chi connectivity index (χ2v) is 10.8. The Hall–Kier alpha value is -4.07. The Kier molecular flexibility index (Phi) is 11.4. The minimum absolute atomic E-state index is 0.139. The van der Waals surface area contributed by atoms with E-state index in [2.05, 4.69) is 70.9 Å². The van der Waals surface area contributed by atoms with E-state index in [1.807, 2.05) is 68.5 Å². The largest absolute Gasteiger partial charge is 0.376 e. The van der Waals surface area contributed by atoms with Gasteiger partial charge in [-0.3, -0.25) is 9.59 Å². The van der Waals surface area contributed by atoms with Gasteiger partial charge in [-0.15, -0.1) is 11.6 Å². The average molecular weight is 613 g/mol. The molecule has 6 nitrogen and oxygen atoms in total. The summed E-state index contributed by atoms with van der Waals surface area (Å²) in [5, 5.41) is 3.10. The number of nitrogens with zero attached hydrogens (tertiary/aromatic N) is 2. The Morgan fingerprint density at radius 3 is 2.21 bits per heavy atom. The predicted octanol–water partition coefficient (Wildman–Crippen LogP) is 8.07. The van der Waals surface area contributed by atoms with E-state index in [1.165, 1.54) is 5.57 Å². The number of carbonyl (C=O) groups excluding carboxylic acids is 2. The Bertz CT molecular complexity index is 1610. The number of nitrogens with one attached hydrogen (secondary N) is 2.